The van der Waals surface area contributed by atoms with E-state index in [1.807, 2.05) is 0 Å². The second kappa shape index (κ2) is 13.8. The molecule has 6 nitrogen and oxygen atoms in total. The molecule has 0 aromatic heterocycles. The molecular formula is C45H72N6. The number of anilines is 6. The predicted octanol–water partition coefficient (Wildman–Crippen LogP) is 11.6. The lowest BCUT2D eigenvalue weighted by molar-refractivity contribution is 0.380. The number of benzene rings is 3. The van der Waals surface area contributed by atoms with Crippen LogP contribution in [0.2, 0.25) is 0 Å². The predicted molar refractivity (Wildman–Crippen MR) is 227 cm³/mol. The fraction of sp³-hybridized carbons (Fsp3) is 0.600. The van der Waals surface area contributed by atoms with Gasteiger partial charge in [0.1, 0.15) is 0 Å². The van der Waals surface area contributed by atoms with Gasteiger partial charge in [-0.25, -0.2) is 0 Å². The molecule has 0 aliphatic carbocycles. The SMILES string of the molecule is CC(C)(C)N(c1ccc(N2CN(c3ccc(N(C(C)(C)C)C(C)(C)C)cc3)CN(c3ccc(N(C(C)(C)C)C(C)(C)C)cc3)C2)cc1)C(C)(C)C. The summed E-state index contributed by atoms with van der Waals surface area (Å²) in [7, 11) is 0. The third kappa shape index (κ3) is 9.47. The molecule has 0 spiro atoms. The topological polar surface area (TPSA) is 19.4 Å². The van der Waals surface area contributed by atoms with Gasteiger partial charge in [0.2, 0.25) is 0 Å². The van der Waals surface area contributed by atoms with Crippen molar-refractivity contribution in [3.63, 3.8) is 0 Å². The molecule has 0 radical (unpaired) electrons. The minimum Gasteiger partial charge on any atom is -0.362 e. The Morgan fingerprint density at radius 2 is 0.451 bits per heavy atom. The Labute approximate surface area is 313 Å². The van der Waals surface area contributed by atoms with E-state index in [4.69, 9.17) is 0 Å². The fourth-order valence-corrected chi connectivity index (χ4v) is 9.02. The zero-order valence-electron chi connectivity index (χ0n) is 35.7. The van der Waals surface area contributed by atoms with Crippen molar-refractivity contribution in [1.29, 1.82) is 0 Å². The molecular weight excluding hydrogens is 625 g/mol. The van der Waals surface area contributed by atoms with Gasteiger partial charge in [0.05, 0.1) is 20.0 Å². The molecule has 1 aliphatic heterocycles. The maximum Gasteiger partial charge on any atom is 0.0937 e. The van der Waals surface area contributed by atoms with Gasteiger partial charge >= 0.3 is 0 Å². The van der Waals surface area contributed by atoms with Crippen molar-refractivity contribution in [2.45, 2.75) is 158 Å². The summed E-state index contributed by atoms with van der Waals surface area (Å²) in [6, 6.07) is 27.7. The monoisotopic (exact) mass is 697 g/mol. The van der Waals surface area contributed by atoms with E-state index in [1.54, 1.807) is 0 Å². The van der Waals surface area contributed by atoms with Crippen molar-refractivity contribution in [1.82, 2.24) is 0 Å². The van der Waals surface area contributed by atoms with Gasteiger partial charge in [-0.1, -0.05) is 0 Å². The largest absolute Gasteiger partial charge is 0.362 e. The van der Waals surface area contributed by atoms with Gasteiger partial charge in [0.15, 0.2) is 0 Å². The molecule has 1 heterocycles. The van der Waals surface area contributed by atoms with E-state index >= 15 is 0 Å². The summed E-state index contributed by atoms with van der Waals surface area (Å²) >= 11 is 0. The van der Waals surface area contributed by atoms with E-state index in [-0.39, 0.29) is 33.2 Å². The van der Waals surface area contributed by atoms with Gasteiger partial charge in [-0.2, -0.15) is 0 Å². The maximum absolute atomic E-state index is 2.53. The van der Waals surface area contributed by atoms with E-state index < -0.39 is 0 Å². The number of nitrogens with zero attached hydrogens (tertiary/aromatic N) is 6. The fourth-order valence-electron chi connectivity index (χ4n) is 9.02. The summed E-state index contributed by atoms with van der Waals surface area (Å²) < 4.78 is 0. The average molecular weight is 697 g/mol. The summed E-state index contributed by atoms with van der Waals surface area (Å²) in [4.78, 5) is 15.1. The lowest BCUT2D eigenvalue weighted by atomic mass is 9.94. The third-order valence-corrected chi connectivity index (χ3v) is 9.47. The number of rotatable bonds is 6. The highest BCUT2D eigenvalue weighted by atomic mass is 15.5. The summed E-state index contributed by atoms with van der Waals surface area (Å²) in [6.07, 6.45) is 0. The van der Waals surface area contributed by atoms with Crippen molar-refractivity contribution in [2.75, 3.05) is 49.4 Å². The first kappa shape index (κ1) is 40.2. The van der Waals surface area contributed by atoms with Crippen LogP contribution in [0.5, 0.6) is 0 Å². The van der Waals surface area contributed by atoms with Crippen LogP contribution in [-0.2, 0) is 0 Å². The van der Waals surface area contributed by atoms with Crippen molar-refractivity contribution >= 4 is 34.1 Å². The first-order valence-electron chi connectivity index (χ1n) is 19.0. The Hall–Kier alpha value is -3.54. The Morgan fingerprint density at radius 3 is 0.588 bits per heavy atom. The molecule has 4 rings (SSSR count). The molecule has 1 saturated heterocycles. The van der Waals surface area contributed by atoms with Gasteiger partial charge in [0.25, 0.3) is 0 Å². The van der Waals surface area contributed by atoms with E-state index in [2.05, 4.69) is 227 Å². The van der Waals surface area contributed by atoms with Gasteiger partial charge in [-0.3, -0.25) is 0 Å². The molecule has 0 saturated carbocycles. The number of hydrogen-bond donors (Lipinski definition) is 0. The maximum atomic E-state index is 2.53. The standard InChI is InChI=1S/C45H72N6/c1-40(2,3)49(41(4,5)6)37-25-19-34(20-26-37)46-31-47(35-21-27-38(28-22-35)50(42(7,8)9)43(10,11)12)33-48(32-46)36-23-29-39(30-24-36)51(44(13,14)15)45(16,17)18/h19-30H,31-33H2,1-18H3. The van der Waals surface area contributed by atoms with Crippen LogP contribution in [-0.4, -0.2) is 53.2 Å². The minimum absolute atomic E-state index is 0.00192. The van der Waals surface area contributed by atoms with Crippen molar-refractivity contribution < 1.29 is 0 Å². The molecule has 6 heteroatoms. The Kier molecular flexibility index (Phi) is 10.9. The van der Waals surface area contributed by atoms with E-state index in [0.29, 0.717) is 0 Å². The highest BCUT2D eigenvalue weighted by Crippen LogP contribution is 2.38. The smallest absolute Gasteiger partial charge is 0.0937 e. The molecule has 3 aromatic rings. The number of hydrogen-bond acceptors (Lipinski definition) is 6. The van der Waals surface area contributed by atoms with Gasteiger partial charge in [-0.05, 0) is 197 Å². The van der Waals surface area contributed by atoms with E-state index in [1.165, 1.54) is 34.1 Å². The van der Waals surface area contributed by atoms with Crippen LogP contribution in [0.3, 0.4) is 0 Å². The highest BCUT2D eigenvalue weighted by molar-refractivity contribution is 5.66. The molecule has 0 unspecified atom stereocenters. The van der Waals surface area contributed by atoms with Crippen LogP contribution in [0.25, 0.3) is 0 Å². The van der Waals surface area contributed by atoms with Crippen LogP contribution >= 0.6 is 0 Å². The normalized spacial score (nSPS) is 15.3. The zero-order chi connectivity index (χ0) is 38.5. The molecule has 0 bridgehead atoms. The van der Waals surface area contributed by atoms with Gasteiger partial charge in [0, 0.05) is 67.4 Å². The Morgan fingerprint density at radius 1 is 0.294 bits per heavy atom. The van der Waals surface area contributed by atoms with Gasteiger partial charge in [-0.15, -0.1) is 0 Å². The molecule has 1 fully saturated rings. The van der Waals surface area contributed by atoms with Crippen molar-refractivity contribution in [2.24, 2.45) is 0 Å². The first-order chi connectivity index (χ1) is 23.1. The molecule has 51 heavy (non-hydrogen) atoms. The Balaban J connectivity index is 1.73. The van der Waals surface area contributed by atoms with Crippen LogP contribution in [0.15, 0.2) is 72.8 Å². The highest BCUT2D eigenvalue weighted by Gasteiger charge is 2.35. The summed E-state index contributed by atoms with van der Waals surface area (Å²) in [5.41, 5.74) is 7.44. The van der Waals surface area contributed by atoms with E-state index in [0.717, 1.165) is 20.0 Å². The van der Waals surface area contributed by atoms with Crippen LogP contribution in [0, 0.1) is 0 Å². The lowest BCUT2D eigenvalue weighted by Gasteiger charge is -2.48. The van der Waals surface area contributed by atoms with E-state index in [9.17, 15) is 0 Å². The van der Waals surface area contributed by atoms with Crippen LogP contribution in [0.1, 0.15) is 125 Å². The molecule has 0 amide bonds. The summed E-state index contributed by atoms with van der Waals surface area (Å²) in [5, 5.41) is 0. The van der Waals surface area contributed by atoms with Crippen LogP contribution < -0.4 is 29.4 Å². The second-order valence-corrected chi connectivity index (χ2v) is 20.6. The molecule has 1 aliphatic rings. The molecule has 282 valence electrons. The molecule has 3 aromatic carbocycles. The summed E-state index contributed by atoms with van der Waals surface area (Å²) in [5.74, 6) is 0. The second-order valence-electron chi connectivity index (χ2n) is 20.6. The summed E-state index contributed by atoms with van der Waals surface area (Å²) in [6.45, 7) is 43.8. The van der Waals surface area contributed by atoms with Crippen molar-refractivity contribution in [3.05, 3.63) is 72.8 Å². The third-order valence-electron chi connectivity index (χ3n) is 9.47. The first-order valence-corrected chi connectivity index (χ1v) is 19.0. The lowest BCUT2D eigenvalue weighted by Crippen LogP contribution is -2.56. The minimum atomic E-state index is 0.00192. The Bertz CT molecular complexity index is 1320. The zero-order valence-corrected chi connectivity index (χ0v) is 35.7. The molecule has 0 atom stereocenters. The van der Waals surface area contributed by atoms with Crippen molar-refractivity contribution in [3.8, 4) is 0 Å². The average Bonchev–Trinajstić information content (AvgIpc) is 2.94. The van der Waals surface area contributed by atoms with Crippen LogP contribution in [0.4, 0.5) is 34.1 Å². The quantitative estimate of drug-likeness (QED) is 0.254. The van der Waals surface area contributed by atoms with Gasteiger partial charge < -0.3 is 29.4 Å². The molecule has 0 N–H and O–H groups in total.